The minimum absolute atomic E-state index is 0.283. The average molecular weight is 192 g/mol. The lowest BCUT2D eigenvalue weighted by molar-refractivity contribution is 0.274. The largest absolute Gasteiger partial charge is 0.396 e. The van der Waals surface area contributed by atoms with E-state index in [-0.39, 0.29) is 6.61 Å². The topological polar surface area (TPSA) is 20.2 Å². The van der Waals surface area contributed by atoms with Crippen LogP contribution in [-0.2, 0) is 0 Å². The normalized spacial score (nSPS) is 12.9. The molecular weight excluding hydrogens is 172 g/mol. The second-order valence-corrected chi connectivity index (χ2v) is 4.04. The molecule has 1 heteroatoms. The van der Waals surface area contributed by atoms with Gasteiger partial charge in [-0.15, -0.1) is 0 Å². The van der Waals surface area contributed by atoms with Crippen LogP contribution in [0.15, 0.2) is 18.2 Å². The van der Waals surface area contributed by atoms with Crippen LogP contribution in [0.1, 0.15) is 42.4 Å². The second kappa shape index (κ2) is 5.16. The van der Waals surface area contributed by atoms with E-state index < -0.39 is 0 Å². The van der Waals surface area contributed by atoms with Crippen LogP contribution in [0, 0.1) is 13.8 Å². The summed E-state index contributed by atoms with van der Waals surface area (Å²) in [4.78, 5) is 0. The van der Waals surface area contributed by atoms with Crippen molar-refractivity contribution in [1.82, 2.24) is 0 Å². The first-order chi connectivity index (χ1) is 6.67. The summed E-state index contributed by atoms with van der Waals surface area (Å²) in [6.07, 6.45) is 1.98. The van der Waals surface area contributed by atoms with E-state index in [9.17, 15) is 0 Å². The molecule has 1 atom stereocenters. The summed E-state index contributed by atoms with van der Waals surface area (Å²) >= 11 is 0. The van der Waals surface area contributed by atoms with Crippen LogP contribution in [0.4, 0.5) is 0 Å². The first kappa shape index (κ1) is 11.3. The molecule has 0 aliphatic carbocycles. The zero-order valence-electron chi connectivity index (χ0n) is 9.38. The highest BCUT2D eigenvalue weighted by Crippen LogP contribution is 2.24. The zero-order chi connectivity index (χ0) is 10.6. The molecule has 1 aromatic carbocycles. The van der Waals surface area contributed by atoms with Gasteiger partial charge in [-0.25, -0.2) is 0 Å². The van der Waals surface area contributed by atoms with Crippen LogP contribution in [0.2, 0.25) is 0 Å². The predicted octanol–water partition coefficient (Wildman–Crippen LogP) is 3.18. The summed E-state index contributed by atoms with van der Waals surface area (Å²) in [5.41, 5.74) is 4.01. The number of benzene rings is 1. The minimum Gasteiger partial charge on any atom is -0.396 e. The van der Waals surface area contributed by atoms with Crippen LogP contribution in [0.5, 0.6) is 0 Å². The van der Waals surface area contributed by atoms with Crippen molar-refractivity contribution in [2.24, 2.45) is 0 Å². The molecule has 78 valence electrons. The molecule has 0 saturated carbocycles. The number of hydrogen-bond acceptors (Lipinski definition) is 1. The Morgan fingerprint density at radius 2 is 1.71 bits per heavy atom. The third-order valence-electron chi connectivity index (χ3n) is 2.69. The first-order valence-electron chi connectivity index (χ1n) is 5.36. The Kier molecular flexibility index (Phi) is 4.15. The van der Waals surface area contributed by atoms with E-state index in [0.717, 1.165) is 12.8 Å². The van der Waals surface area contributed by atoms with Gasteiger partial charge >= 0.3 is 0 Å². The highest BCUT2D eigenvalue weighted by molar-refractivity contribution is 5.30. The Morgan fingerprint density at radius 3 is 2.14 bits per heavy atom. The Labute approximate surface area is 86.8 Å². The monoisotopic (exact) mass is 192 g/mol. The van der Waals surface area contributed by atoms with E-state index in [4.69, 9.17) is 5.11 Å². The molecule has 1 N–H and O–H groups in total. The molecule has 14 heavy (non-hydrogen) atoms. The van der Waals surface area contributed by atoms with E-state index >= 15 is 0 Å². The SMILES string of the molecule is CCC(CCO)c1cc(C)cc(C)c1. The molecule has 0 aliphatic heterocycles. The summed E-state index contributed by atoms with van der Waals surface area (Å²) in [5.74, 6) is 0.513. The van der Waals surface area contributed by atoms with E-state index in [1.807, 2.05) is 0 Å². The van der Waals surface area contributed by atoms with Crippen molar-refractivity contribution in [3.8, 4) is 0 Å². The standard InChI is InChI=1S/C13H20O/c1-4-12(5-6-14)13-8-10(2)7-11(3)9-13/h7-9,12,14H,4-6H2,1-3H3. The first-order valence-corrected chi connectivity index (χ1v) is 5.36. The summed E-state index contributed by atoms with van der Waals surface area (Å²) in [5, 5.41) is 8.97. The molecule has 0 aliphatic rings. The van der Waals surface area contributed by atoms with Crippen molar-refractivity contribution in [2.75, 3.05) is 6.61 Å². The van der Waals surface area contributed by atoms with Crippen LogP contribution in [0.3, 0.4) is 0 Å². The van der Waals surface area contributed by atoms with E-state index in [1.54, 1.807) is 0 Å². The highest BCUT2D eigenvalue weighted by Gasteiger charge is 2.08. The van der Waals surface area contributed by atoms with Gasteiger partial charge in [0.1, 0.15) is 0 Å². The maximum absolute atomic E-state index is 8.97. The van der Waals surface area contributed by atoms with Gasteiger partial charge in [-0.2, -0.15) is 0 Å². The lowest BCUT2D eigenvalue weighted by atomic mass is 9.91. The molecule has 0 spiro atoms. The molecule has 1 unspecified atom stereocenters. The number of aryl methyl sites for hydroxylation is 2. The molecule has 1 rings (SSSR count). The van der Waals surface area contributed by atoms with E-state index in [2.05, 4.69) is 39.0 Å². The summed E-state index contributed by atoms with van der Waals surface area (Å²) < 4.78 is 0. The number of aliphatic hydroxyl groups is 1. The molecule has 0 heterocycles. The van der Waals surface area contributed by atoms with E-state index in [0.29, 0.717) is 5.92 Å². The van der Waals surface area contributed by atoms with Crippen molar-refractivity contribution < 1.29 is 5.11 Å². The molecule has 1 nitrogen and oxygen atoms in total. The second-order valence-electron chi connectivity index (χ2n) is 4.04. The zero-order valence-corrected chi connectivity index (χ0v) is 9.38. The third kappa shape index (κ3) is 2.85. The number of rotatable bonds is 4. The fourth-order valence-corrected chi connectivity index (χ4v) is 2.01. The molecule has 0 fully saturated rings. The van der Waals surface area contributed by atoms with Crippen molar-refractivity contribution in [3.63, 3.8) is 0 Å². The molecule has 0 aromatic heterocycles. The van der Waals surface area contributed by atoms with Gasteiger partial charge in [-0.1, -0.05) is 36.2 Å². The van der Waals surface area contributed by atoms with Gasteiger partial charge in [0.15, 0.2) is 0 Å². The fourth-order valence-electron chi connectivity index (χ4n) is 2.01. The quantitative estimate of drug-likeness (QED) is 0.776. The minimum atomic E-state index is 0.283. The number of hydrogen-bond donors (Lipinski definition) is 1. The van der Waals surface area contributed by atoms with Gasteiger partial charge in [0, 0.05) is 6.61 Å². The van der Waals surface area contributed by atoms with Crippen molar-refractivity contribution in [3.05, 3.63) is 34.9 Å². The predicted molar refractivity (Wildman–Crippen MR) is 60.7 cm³/mol. The molecule has 0 saturated heterocycles. The third-order valence-corrected chi connectivity index (χ3v) is 2.69. The Balaban J connectivity index is 2.91. The van der Waals surface area contributed by atoms with Crippen LogP contribution in [0.25, 0.3) is 0 Å². The Morgan fingerprint density at radius 1 is 1.14 bits per heavy atom. The van der Waals surface area contributed by atoms with Gasteiger partial charge in [0.05, 0.1) is 0 Å². The van der Waals surface area contributed by atoms with Crippen molar-refractivity contribution >= 4 is 0 Å². The van der Waals surface area contributed by atoms with Crippen LogP contribution >= 0.6 is 0 Å². The van der Waals surface area contributed by atoms with Crippen LogP contribution < -0.4 is 0 Å². The smallest absolute Gasteiger partial charge is 0.0436 e. The maximum atomic E-state index is 8.97. The Bertz CT molecular complexity index is 271. The molecule has 0 bridgehead atoms. The fraction of sp³-hybridized carbons (Fsp3) is 0.538. The molecule has 1 aromatic rings. The summed E-state index contributed by atoms with van der Waals surface area (Å²) in [7, 11) is 0. The lowest BCUT2D eigenvalue weighted by Crippen LogP contribution is -2.01. The number of aliphatic hydroxyl groups excluding tert-OH is 1. The van der Waals surface area contributed by atoms with Crippen molar-refractivity contribution in [1.29, 1.82) is 0 Å². The van der Waals surface area contributed by atoms with E-state index in [1.165, 1.54) is 16.7 Å². The lowest BCUT2D eigenvalue weighted by Gasteiger charge is -2.15. The van der Waals surface area contributed by atoms with Crippen molar-refractivity contribution in [2.45, 2.75) is 39.5 Å². The van der Waals surface area contributed by atoms with Gasteiger partial charge < -0.3 is 5.11 Å². The average Bonchev–Trinajstić information content (AvgIpc) is 2.12. The highest BCUT2D eigenvalue weighted by atomic mass is 16.3. The molecular formula is C13H20O. The van der Waals surface area contributed by atoms with Gasteiger partial charge in [0.2, 0.25) is 0 Å². The Hall–Kier alpha value is -0.820. The summed E-state index contributed by atoms with van der Waals surface area (Å²) in [6.45, 7) is 6.72. The van der Waals surface area contributed by atoms with Gasteiger partial charge in [-0.3, -0.25) is 0 Å². The molecule has 0 radical (unpaired) electrons. The van der Waals surface area contributed by atoms with Gasteiger partial charge in [-0.05, 0) is 38.2 Å². The summed E-state index contributed by atoms with van der Waals surface area (Å²) in [6, 6.07) is 6.66. The molecule has 0 amide bonds. The van der Waals surface area contributed by atoms with Gasteiger partial charge in [0.25, 0.3) is 0 Å². The maximum Gasteiger partial charge on any atom is 0.0436 e. The van der Waals surface area contributed by atoms with Crippen LogP contribution in [-0.4, -0.2) is 11.7 Å².